The van der Waals surface area contributed by atoms with Gasteiger partial charge in [-0.15, -0.1) is 0 Å². The molecule has 1 saturated heterocycles. The maximum Gasteiger partial charge on any atom is 0.302 e. The number of ether oxygens (including phenoxy) is 1. The third-order valence-corrected chi connectivity index (χ3v) is 3.93. The number of thioether (sulfide) groups is 1. The molecule has 1 aromatic rings. The van der Waals surface area contributed by atoms with Gasteiger partial charge in [0.2, 0.25) is 0 Å². The number of aromatic nitrogens is 1. The number of morpholine rings is 1. The van der Waals surface area contributed by atoms with Crippen LogP contribution < -0.4 is 0 Å². The largest absolute Gasteiger partial charge is 0.379 e. The van der Waals surface area contributed by atoms with Crippen LogP contribution in [0.25, 0.3) is 0 Å². The standard InChI is InChI=1S/C11H14ClN3O3S/c12-9-7-10(15(16)17)11(13-8-9)19-6-3-14-1-4-18-5-2-14/h7-8H,1-6H2. The SMILES string of the molecule is O=[N+]([O-])c1cc(Cl)cnc1SCCN1CCOCC1. The molecule has 6 nitrogen and oxygen atoms in total. The van der Waals surface area contributed by atoms with E-state index in [0.717, 1.165) is 38.6 Å². The van der Waals surface area contributed by atoms with Gasteiger partial charge in [0.15, 0.2) is 5.03 Å². The molecule has 19 heavy (non-hydrogen) atoms. The summed E-state index contributed by atoms with van der Waals surface area (Å²) in [4.78, 5) is 16.8. The molecule has 1 fully saturated rings. The lowest BCUT2D eigenvalue weighted by Crippen LogP contribution is -2.37. The summed E-state index contributed by atoms with van der Waals surface area (Å²) in [6, 6.07) is 1.34. The van der Waals surface area contributed by atoms with Gasteiger partial charge in [0.1, 0.15) is 0 Å². The number of nitrogens with zero attached hydrogens (tertiary/aromatic N) is 3. The first-order valence-corrected chi connectivity index (χ1v) is 7.26. The Balaban J connectivity index is 1.89. The molecule has 0 unspecified atom stereocenters. The molecule has 0 spiro atoms. The summed E-state index contributed by atoms with van der Waals surface area (Å²) < 4.78 is 5.26. The summed E-state index contributed by atoms with van der Waals surface area (Å²) in [5, 5.41) is 11.6. The van der Waals surface area contributed by atoms with Crippen molar-refractivity contribution in [3.05, 3.63) is 27.4 Å². The first-order chi connectivity index (χ1) is 9.16. The normalized spacial score (nSPS) is 16.5. The minimum atomic E-state index is -0.448. The number of halogens is 1. The second-order valence-electron chi connectivity index (χ2n) is 4.04. The zero-order valence-corrected chi connectivity index (χ0v) is 11.8. The fourth-order valence-corrected chi connectivity index (χ4v) is 2.86. The zero-order chi connectivity index (χ0) is 13.7. The highest BCUT2D eigenvalue weighted by Crippen LogP contribution is 2.29. The fourth-order valence-electron chi connectivity index (χ4n) is 1.75. The van der Waals surface area contributed by atoms with E-state index in [0.29, 0.717) is 5.03 Å². The Morgan fingerprint density at radius 1 is 1.53 bits per heavy atom. The maximum absolute atomic E-state index is 10.9. The van der Waals surface area contributed by atoms with Crippen molar-refractivity contribution >= 4 is 29.1 Å². The van der Waals surface area contributed by atoms with Gasteiger partial charge in [-0.2, -0.15) is 0 Å². The zero-order valence-electron chi connectivity index (χ0n) is 10.2. The van der Waals surface area contributed by atoms with E-state index in [4.69, 9.17) is 16.3 Å². The molecule has 0 radical (unpaired) electrons. The van der Waals surface area contributed by atoms with Crippen LogP contribution >= 0.6 is 23.4 Å². The van der Waals surface area contributed by atoms with Gasteiger partial charge < -0.3 is 4.74 Å². The molecule has 0 N–H and O–H groups in total. The van der Waals surface area contributed by atoms with Crippen LogP contribution in [0.3, 0.4) is 0 Å². The average Bonchev–Trinajstić information content (AvgIpc) is 2.41. The summed E-state index contributed by atoms with van der Waals surface area (Å²) in [6.45, 7) is 4.21. The van der Waals surface area contributed by atoms with E-state index in [-0.39, 0.29) is 10.7 Å². The minimum absolute atomic E-state index is 0.0283. The van der Waals surface area contributed by atoms with Gasteiger partial charge in [0.05, 0.1) is 23.2 Å². The molecule has 0 saturated carbocycles. The second-order valence-corrected chi connectivity index (χ2v) is 5.56. The Labute approximate surface area is 120 Å². The lowest BCUT2D eigenvalue weighted by molar-refractivity contribution is -0.388. The van der Waals surface area contributed by atoms with E-state index < -0.39 is 4.92 Å². The van der Waals surface area contributed by atoms with E-state index in [1.807, 2.05) is 0 Å². The van der Waals surface area contributed by atoms with Gasteiger partial charge in [0, 0.05) is 37.7 Å². The van der Waals surface area contributed by atoms with Crippen molar-refractivity contribution in [3.63, 3.8) is 0 Å². The molecule has 1 aliphatic heterocycles. The Morgan fingerprint density at radius 3 is 2.95 bits per heavy atom. The molecule has 8 heteroatoms. The summed E-state index contributed by atoms with van der Waals surface area (Å²) in [7, 11) is 0. The van der Waals surface area contributed by atoms with Crippen molar-refractivity contribution < 1.29 is 9.66 Å². The van der Waals surface area contributed by atoms with E-state index >= 15 is 0 Å². The van der Waals surface area contributed by atoms with Crippen molar-refractivity contribution in [3.8, 4) is 0 Å². The molecule has 0 aliphatic carbocycles. The average molecular weight is 304 g/mol. The van der Waals surface area contributed by atoms with Crippen molar-refractivity contribution in [2.45, 2.75) is 5.03 Å². The van der Waals surface area contributed by atoms with E-state index in [1.165, 1.54) is 24.0 Å². The molecule has 1 aromatic heterocycles. The third kappa shape index (κ3) is 4.31. The van der Waals surface area contributed by atoms with Crippen LogP contribution in [0.1, 0.15) is 0 Å². The number of hydrogen-bond acceptors (Lipinski definition) is 6. The molecular formula is C11H14ClN3O3S. The second kappa shape index (κ2) is 7.04. The molecule has 104 valence electrons. The number of rotatable bonds is 5. The molecule has 0 amide bonds. The van der Waals surface area contributed by atoms with Gasteiger partial charge in [-0.1, -0.05) is 23.4 Å². The Bertz CT molecular complexity index is 455. The van der Waals surface area contributed by atoms with Gasteiger partial charge in [-0.25, -0.2) is 4.98 Å². The smallest absolute Gasteiger partial charge is 0.302 e. The third-order valence-electron chi connectivity index (χ3n) is 2.75. The Hall–Kier alpha value is -0.890. The number of pyridine rings is 1. The Kier molecular flexibility index (Phi) is 5.38. The first kappa shape index (κ1) is 14.5. The summed E-state index contributed by atoms with van der Waals surface area (Å²) in [6.07, 6.45) is 1.44. The summed E-state index contributed by atoms with van der Waals surface area (Å²) in [5.41, 5.74) is -0.0283. The van der Waals surface area contributed by atoms with Gasteiger partial charge in [-0.3, -0.25) is 15.0 Å². The van der Waals surface area contributed by atoms with Crippen LogP contribution in [0.15, 0.2) is 17.3 Å². The maximum atomic E-state index is 10.9. The summed E-state index contributed by atoms with van der Waals surface area (Å²) >= 11 is 7.10. The summed E-state index contributed by atoms with van der Waals surface area (Å²) in [5.74, 6) is 0.759. The molecule has 2 heterocycles. The number of nitro groups is 1. The highest BCUT2D eigenvalue weighted by molar-refractivity contribution is 7.99. The first-order valence-electron chi connectivity index (χ1n) is 5.89. The Morgan fingerprint density at radius 2 is 2.26 bits per heavy atom. The van der Waals surface area contributed by atoms with Crippen LogP contribution in [0, 0.1) is 10.1 Å². The molecule has 1 aliphatic rings. The molecule has 0 aromatic carbocycles. The monoisotopic (exact) mass is 303 g/mol. The minimum Gasteiger partial charge on any atom is -0.379 e. The fraction of sp³-hybridized carbons (Fsp3) is 0.545. The molecule has 0 atom stereocenters. The van der Waals surface area contributed by atoms with Gasteiger partial charge >= 0.3 is 5.69 Å². The van der Waals surface area contributed by atoms with Crippen molar-refractivity contribution in [1.29, 1.82) is 0 Å². The van der Waals surface area contributed by atoms with Crippen LogP contribution in [0.5, 0.6) is 0 Å². The quantitative estimate of drug-likeness (QED) is 0.471. The van der Waals surface area contributed by atoms with Crippen molar-refractivity contribution in [2.75, 3.05) is 38.6 Å². The van der Waals surface area contributed by atoms with Crippen LogP contribution in [0.4, 0.5) is 5.69 Å². The van der Waals surface area contributed by atoms with Crippen molar-refractivity contribution in [2.24, 2.45) is 0 Å². The number of hydrogen-bond donors (Lipinski definition) is 0. The van der Waals surface area contributed by atoms with Crippen molar-refractivity contribution in [1.82, 2.24) is 9.88 Å². The van der Waals surface area contributed by atoms with E-state index in [9.17, 15) is 10.1 Å². The molecular weight excluding hydrogens is 290 g/mol. The lowest BCUT2D eigenvalue weighted by atomic mass is 10.4. The molecule has 0 bridgehead atoms. The lowest BCUT2D eigenvalue weighted by Gasteiger charge is -2.26. The van der Waals surface area contributed by atoms with E-state index in [2.05, 4.69) is 9.88 Å². The molecule has 2 rings (SSSR count). The topological polar surface area (TPSA) is 68.5 Å². The van der Waals surface area contributed by atoms with Gasteiger partial charge in [-0.05, 0) is 0 Å². The van der Waals surface area contributed by atoms with Crippen LogP contribution in [-0.2, 0) is 4.74 Å². The van der Waals surface area contributed by atoms with E-state index in [1.54, 1.807) is 0 Å². The van der Waals surface area contributed by atoms with Crippen LogP contribution in [0.2, 0.25) is 5.02 Å². The van der Waals surface area contributed by atoms with Crippen LogP contribution in [-0.4, -0.2) is 53.4 Å². The van der Waals surface area contributed by atoms with Gasteiger partial charge in [0.25, 0.3) is 0 Å². The predicted octanol–water partition coefficient (Wildman–Crippen LogP) is 2.07. The predicted molar refractivity (Wildman–Crippen MR) is 73.9 cm³/mol. The highest BCUT2D eigenvalue weighted by atomic mass is 35.5. The highest BCUT2D eigenvalue weighted by Gasteiger charge is 2.17.